The number of rotatable bonds is 6. The number of fused-ring (bicyclic) bond motifs is 1. The van der Waals surface area contributed by atoms with E-state index in [2.05, 4.69) is 43.6 Å². The molecule has 2 aromatic rings. The molecule has 27 heavy (non-hydrogen) atoms. The molecule has 0 bridgehead atoms. The topological polar surface area (TPSA) is 63.5 Å². The zero-order valence-corrected chi connectivity index (χ0v) is 18.1. The number of nitrogens with zero attached hydrogens (tertiary/aromatic N) is 5. The van der Waals surface area contributed by atoms with Crippen molar-refractivity contribution in [2.45, 2.75) is 33.7 Å². The van der Waals surface area contributed by atoms with Crippen molar-refractivity contribution < 1.29 is 4.79 Å². The van der Waals surface area contributed by atoms with Crippen LogP contribution in [-0.2, 0) is 0 Å². The number of aromatic nitrogens is 1. The molecule has 1 aliphatic rings. The average molecular weight is 406 g/mol. The molecule has 1 saturated heterocycles. The number of amides is 1. The molecule has 1 atom stereocenters. The van der Waals surface area contributed by atoms with Crippen LogP contribution in [0.2, 0.25) is 0 Å². The Kier molecular flexibility index (Phi) is 6.35. The number of thiazole rings is 1. The maximum atomic E-state index is 12.9. The Balaban J connectivity index is 1.66. The number of anilines is 1. The summed E-state index contributed by atoms with van der Waals surface area (Å²) in [6, 6.07) is 4.32. The van der Waals surface area contributed by atoms with Gasteiger partial charge < -0.3 is 9.80 Å². The summed E-state index contributed by atoms with van der Waals surface area (Å²) in [6.07, 6.45) is 0. The molecule has 1 unspecified atom stereocenters. The van der Waals surface area contributed by atoms with E-state index in [0.29, 0.717) is 19.0 Å². The van der Waals surface area contributed by atoms with Gasteiger partial charge in [0.2, 0.25) is 0 Å². The van der Waals surface area contributed by atoms with Crippen molar-refractivity contribution in [2.24, 2.45) is 5.92 Å². The highest BCUT2D eigenvalue weighted by Gasteiger charge is 2.29. The van der Waals surface area contributed by atoms with Crippen LogP contribution in [0.5, 0.6) is 0 Å². The number of hydrogen-bond acceptors (Lipinski definition) is 7. The molecule has 0 aromatic carbocycles. The third-order valence-electron chi connectivity index (χ3n) is 5.08. The van der Waals surface area contributed by atoms with Crippen LogP contribution in [0.4, 0.5) is 5.13 Å². The summed E-state index contributed by atoms with van der Waals surface area (Å²) in [4.78, 5) is 25.7. The van der Waals surface area contributed by atoms with Crippen molar-refractivity contribution in [3.63, 3.8) is 0 Å². The zero-order valence-electron chi connectivity index (χ0n) is 16.4. The smallest absolute Gasteiger partial charge is 0.264 e. The van der Waals surface area contributed by atoms with E-state index in [1.807, 2.05) is 11.0 Å². The molecular formula is C19H27N5OS2. The fourth-order valence-corrected chi connectivity index (χ4v) is 5.78. The zero-order chi connectivity index (χ0) is 19.6. The van der Waals surface area contributed by atoms with Crippen molar-refractivity contribution in [1.29, 1.82) is 5.26 Å². The summed E-state index contributed by atoms with van der Waals surface area (Å²) < 4.78 is 1.09. The molecule has 6 nitrogen and oxygen atoms in total. The molecule has 0 N–H and O–H groups in total. The van der Waals surface area contributed by atoms with Crippen LogP contribution in [0, 0.1) is 17.2 Å². The molecule has 0 spiro atoms. The number of nitriles is 1. The van der Waals surface area contributed by atoms with Gasteiger partial charge in [0.15, 0.2) is 5.13 Å². The van der Waals surface area contributed by atoms with Crippen LogP contribution in [-0.4, -0.2) is 66.0 Å². The van der Waals surface area contributed by atoms with E-state index in [9.17, 15) is 10.1 Å². The van der Waals surface area contributed by atoms with Gasteiger partial charge >= 0.3 is 0 Å². The SMILES string of the molecule is CCN(CC)c1nc2sc(C(=O)N3CCN(C(C#N)C(C)C)CC3)cc2s1. The summed E-state index contributed by atoms with van der Waals surface area (Å²) in [5.74, 6) is 0.389. The standard InChI is InChI=1S/C19H27N5OS2/c1-5-22(6-2)19-21-17-15(27-19)11-16(26-17)18(25)24-9-7-23(8-10-24)14(12-20)13(3)4/h11,13-14H,5-10H2,1-4H3. The summed E-state index contributed by atoms with van der Waals surface area (Å²) in [7, 11) is 0. The molecule has 1 aliphatic heterocycles. The van der Waals surface area contributed by atoms with Crippen molar-refractivity contribution in [1.82, 2.24) is 14.8 Å². The predicted molar refractivity (Wildman–Crippen MR) is 113 cm³/mol. The van der Waals surface area contributed by atoms with E-state index in [0.717, 1.165) is 45.7 Å². The van der Waals surface area contributed by atoms with Gasteiger partial charge in [-0.1, -0.05) is 25.2 Å². The summed E-state index contributed by atoms with van der Waals surface area (Å²) in [6.45, 7) is 13.1. The second kappa shape index (κ2) is 8.55. The third-order valence-corrected chi connectivity index (χ3v) is 7.29. The van der Waals surface area contributed by atoms with E-state index in [4.69, 9.17) is 4.98 Å². The lowest BCUT2D eigenvalue weighted by atomic mass is 10.0. The van der Waals surface area contributed by atoms with E-state index in [1.54, 1.807) is 11.3 Å². The Bertz CT molecular complexity index is 793. The van der Waals surface area contributed by atoms with Gasteiger partial charge in [0.05, 0.1) is 15.6 Å². The lowest BCUT2D eigenvalue weighted by Crippen LogP contribution is -2.52. The molecule has 0 radical (unpaired) electrons. The largest absolute Gasteiger partial charge is 0.349 e. The van der Waals surface area contributed by atoms with Crippen molar-refractivity contribution in [2.75, 3.05) is 44.2 Å². The van der Waals surface area contributed by atoms with E-state index >= 15 is 0 Å². The van der Waals surface area contributed by atoms with Crippen molar-refractivity contribution >= 4 is 43.2 Å². The maximum Gasteiger partial charge on any atom is 0.264 e. The van der Waals surface area contributed by atoms with E-state index in [-0.39, 0.29) is 11.9 Å². The first kappa shape index (κ1) is 20.1. The quantitative estimate of drug-likeness (QED) is 0.736. The highest BCUT2D eigenvalue weighted by atomic mass is 32.1. The number of thiophene rings is 1. The Morgan fingerprint density at radius 3 is 2.44 bits per heavy atom. The number of carbonyl (C=O) groups excluding carboxylic acids is 1. The van der Waals surface area contributed by atoms with Gasteiger partial charge in [-0.2, -0.15) is 5.26 Å². The third kappa shape index (κ3) is 4.10. The van der Waals surface area contributed by atoms with Crippen molar-refractivity contribution in [3.8, 4) is 6.07 Å². The van der Waals surface area contributed by atoms with Crippen LogP contribution < -0.4 is 4.90 Å². The number of carbonyl (C=O) groups is 1. The molecule has 3 rings (SSSR count). The van der Waals surface area contributed by atoms with Gasteiger partial charge in [-0.15, -0.1) is 11.3 Å². The Morgan fingerprint density at radius 2 is 1.93 bits per heavy atom. The van der Waals surface area contributed by atoms with Crippen LogP contribution in [0.25, 0.3) is 9.53 Å². The van der Waals surface area contributed by atoms with Gasteiger partial charge in [0, 0.05) is 39.3 Å². The molecule has 1 amide bonds. The summed E-state index contributed by atoms with van der Waals surface area (Å²) >= 11 is 3.15. The molecule has 0 aliphatic carbocycles. The van der Waals surface area contributed by atoms with E-state index < -0.39 is 0 Å². The number of hydrogen-bond donors (Lipinski definition) is 0. The minimum atomic E-state index is -0.0722. The fourth-order valence-electron chi connectivity index (χ4n) is 3.47. The average Bonchev–Trinajstić information content (AvgIpc) is 3.22. The molecular weight excluding hydrogens is 378 g/mol. The highest BCUT2D eigenvalue weighted by Crippen LogP contribution is 2.35. The Morgan fingerprint density at radius 1 is 1.26 bits per heavy atom. The lowest BCUT2D eigenvalue weighted by molar-refractivity contribution is 0.0581. The first-order chi connectivity index (χ1) is 13.0. The minimum absolute atomic E-state index is 0.0722. The minimum Gasteiger partial charge on any atom is -0.349 e. The molecule has 1 fully saturated rings. The fraction of sp³-hybridized carbons (Fsp3) is 0.632. The Labute approximate surface area is 169 Å². The van der Waals surface area contributed by atoms with Crippen LogP contribution in [0.3, 0.4) is 0 Å². The Hall–Kier alpha value is -1.69. The summed E-state index contributed by atoms with van der Waals surface area (Å²) in [5, 5.41) is 10.4. The second-order valence-corrected chi connectivity index (χ2v) is 9.13. The van der Waals surface area contributed by atoms with Gasteiger partial charge in [-0.3, -0.25) is 9.69 Å². The van der Waals surface area contributed by atoms with Crippen LogP contribution in [0.15, 0.2) is 6.07 Å². The monoisotopic (exact) mass is 405 g/mol. The molecule has 2 aromatic heterocycles. The molecule has 146 valence electrons. The van der Waals surface area contributed by atoms with Crippen LogP contribution in [0.1, 0.15) is 37.4 Å². The molecule has 0 saturated carbocycles. The van der Waals surface area contributed by atoms with E-state index in [1.165, 1.54) is 11.3 Å². The van der Waals surface area contributed by atoms with Gasteiger partial charge in [-0.05, 0) is 25.8 Å². The van der Waals surface area contributed by atoms with Gasteiger partial charge in [0.25, 0.3) is 5.91 Å². The van der Waals surface area contributed by atoms with Crippen molar-refractivity contribution in [3.05, 3.63) is 10.9 Å². The maximum absolute atomic E-state index is 12.9. The predicted octanol–water partition coefficient (Wildman–Crippen LogP) is 3.51. The second-order valence-electron chi connectivity index (χ2n) is 7.09. The first-order valence-electron chi connectivity index (χ1n) is 9.56. The summed E-state index contributed by atoms with van der Waals surface area (Å²) in [5.41, 5.74) is 0. The van der Waals surface area contributed by atoms with Gasteiger partial charge in [0.1, 0.15) is 10.9 Å². The normalized spacial score (nSPS) is 16.7. The molecule has 3 heterocycles. The highest BCUT2D eigenvalue weighted by molar-refractivity contribution is 7.29. The van der Waals surface area contributed by atoms with Gasteiger partial charge in [-0.25, -0.2) is 4.98 Å². The lowest BCUT2D eigenvalue weighted by Gasteiger charge is -2.37. The molecule has 8 heteroatoms. The van der Waals surface area contributed by atoms with Crippen LogP contribution >= 0.6 is 22.7 Å². The number of piperazine rings is 1. The first-order valence-corrected chi connectivity index (χ1v) is 11.2.